The van der Waals surface area contributed by atoms with E-state index in [1.165, 1.54) is 0 Å². The molecule has 0 aromatic rings. The number of aliphatic hydroxyl groups is 10. The summed E-state index contributed by atoms with van der Waals surface area (Å²) in [5.41, 5.74) is 5.66. The molecule has 3 heterocycles. The normalized spacial score (nSPS) is 52.5. The lowest BCUT2D eigenvalue weighted by molar-refractivity contribution is -0.374. The second-order valence-electron chi connectivity index (χ2n) is 8.42. The molecule has 0 spiro atoms. The van der Waals surface area contributed by atoms with Crippen LogP contribution < -0.4 is 5.73 Å². The molecule has 0 aromatic carbocycles. The molecule has 3 saturated heterocycles. The third-order valence-corrected chi connectivity index (χ3v) is 6.17. The van der Waals surface area contributed by atoms with Crippen LogP contribution in [0.25, 0.3) is 0 Å². The van der Waals surface area contributed by atoms with Crippen LogP contribution in [0.4, 0.5) is 0 Å². The van der Waals surface area contributed by atoms with E-state index in [2.05, 4.69) is 0 Å². The van der Waals surface area contributed by atoms with E-state index in [4.69, 9.17) is 29.4 Å². The van der Waals surface area contributed by atoms with E-state index in [9.17, 15) is 51.1 Å². The number of rotatable bonds is 7. The summed E-state index contributed by atoms with van der Waals surface area (Å²) >= 11 is 0. The quantitative estimate of drug-likeness (QED) is 0.154. The molecule has 16 heteroatoms. The van der Waals surface area contributed by atoms with Gasteiger partial charge in [-0.25, -0.2) is 0 Å². The standard InChI is InChI=1S/C18H33NO15/c19-7-10(25)14(6(3-22)30-16(7)29)33-18-13(28)15(9(24)5(2-21)32-18)34-17-12(27)11(26)8(23)4(1-20)31-17/h4-18,20-29H,1-3,19H2/t4-,5-,6-,7-,8+,9-,10-,11+,12-,13+,14-,15+,16+,17-,18-/m1/s1. The Balaban J connectivity index is 1.78. The van der Waals surface area contributed by atoms with Gasteiger partial charge in [0.1, 0.15) is 67.1 Å². The minimum absolute atomic E-state index is 0.717. The SMILES string of the molecule is N[C@@H]1[C@@H](O)[C@H](O[C@H]2O[C@H](CO)[C@@H](O)[C@H](O[C@H]3O[C@H](CO)[C@H](O)[C@H](O)[C@H]3O)[C@@H]2O)[C@@H](CO)O[C@@H]1O. The van der Waals surface area contributed by atoms with Crippen LogP contribution in [0.2, 0.25) is 0 Å². The molecule has 200 valence electrons. The molecule has 0 radical (unpaired) electrons. The first kappa shape index (κ1) is 27.9. The lowest BCUT2D eigenvalue weighted by atomic mass is 9.95. The molecule has 0 bridgehead atoms. The van der Waals surface area contributed by atoms with E-state index < -0.39 is 112 Å². The predicted molar refractivity (Wildman–Crippen MR) is 103 cm³/mol. The van der Waals surface area contributed by atoms with Crippen molar-refractivity contribution >= 4 is 0 Å². The van der Waals surface area contributed by atoms with Gasteiger partial charge in [-0.15, -0.1) is 0 Å². The summed E-state index contributed by atoms with van der Waals surface area (Å²) in [6.45, 7) is -2.25. The second-order valence-corrected chi connectivity index (χ2v) is 8.42. The first-order valence-corrected chi connectivity index (χ1v) is 10.7. The molecular formula is C18H33NO15. The van der Waals surface area contributed by atoms with Gasteiger partial charge in [0, 0.05) is 0 Å². The molecule has 3 rings (SSSR count). The summed E-state index contributed by atoms with van der Waals surface area (Å²) < 4.78 is 26.7. The van der Waals surface area contributed by atoms with Gasteiger partial charge in [-0.1, -0.05) is 0 Å². The maximum Gasteiger partial charge on any atom is 0.187 e. The smallest absolute Gasteiger partial charge is 0.187 e. The van der Waals surface area contributed by atoms with E-state index >= 15 is 0 Å². The highest BCUT2D eigenvalue weighted by molar-refractivity contribution is 4.96. The molecule has 12 N–H and O–H groups in total. The van der Waals surface area contributed by atoms with E-state index in [0.717, 1.165) is 0 Å². The van der Waals surface area contributed by atoms with Crippen LogP contribution in [0.15, 0.2) is 0 Å². The summed E-state index contributed by atoms with van der Waals surface area (Å²) in [4.78, 5) is 0. The fraction of sp³-hybridized carbons (Fsp3) is 1.00. The van der Waals surface area contributed by atoms with Gasteiger partial charge in [0.2, 0.25) is 0 Å². The predicted octanol–water partition coefficient (Wildman–Crippen LogP) is -7.61. The highest BCUT2D eigenvalue weighted by Gasteiger charge is 2.53. The fourth-order valence-corrected chi connectivity index (χ4v) is 4.09. The minimum Gasteiger partial charge on any atom is -0.394 e. The van der Waals surface area contributed by atoms with Crippen molar-refractivity contribution in [2.75, 3.05) is 19.8 Å². The molecule has 15 atom stereocenters. The number of aliphatic hydroxyl groups excluding tert-OH is 10. The van der Waals surface area contributed by atoms with Gasteiger partial charge in [-0.2, -0.15) is 0 Å². The Labute approximate surface area is 193 Å². The van der Waals surface area contributed by atoms with Crippen LogP contribution in [-0.2, 0) is 23.7 Å². The summed E-state index contributed by atoms with van der Waals surface area (Å²) in [6.07, 6.45) is -22.7. The van der Waals surface area contributed by atoms with Gasteiger partial charge < -0.3 is 80.5 Å². The summed E-state index contributed by atoms with van der Waals surface area (Å²) in [7, 11) is 0. The first-order chi connectivity index (χ1) is 16.0. The Morgan fingerprint density at radius 2 is 1.03 bits per heavy atom. The van der Waals surface area contributed by atoms with Gasteiger partial charge in [-0.3, -0.25) is 0 Å². The Hall–Kier alpha value is -0.640. The molecule has 34 heavy (non-hydrogen) atoms. The molecule has 0 aromatic heterocycles. The average Bonchev–Trinajstić information content (AvgIpc) is 2.83. The van der Waals surface area contributed by atoms with Gasteiger partial charge in [0.15, 0.2) is 18.9 Å². The topological polar surface area (TPSA) is 274 Å². The second kappa shape index (κ2) is 11.6. The Kier molecular flexibility index (Phi) is 9.54. The molecule has 0 saturated carbocycles. The zero-order valence-electron chi connectivity index (χ0n) is 17.9. The highest BCUT2D eigenvalue weighted by atomic mass is 16.7. The highest BCUT2D eigenvalue weighted by Crippen LogP contribution is 2.32. The van der Waals surface area contributed by atoms with Crippen molar-refractivity contribution in [3.05, 3.63) is 0 Å². The van der Waals surface area contributed by atoms with Crippen molar-refractivity contribution in [1.82, 2.24) is 0 Å². The third-order valence-electron chi connectivity index (χ3n) is 6.17. The van der Waals surface area contributed by atoms with Crippen LogP contribution >= 0.6 is 0 Å². The molecule has 3 aliphatic rings. The van der Waals surface area contributed by atoms with Crippen LogP contribution in [0.5, 0.6) is 0 Å². The number of nitrogens with two attached hydrogens (primary N) is 1. The van der Waals surface area contributed by atoms with Gasteiger partial charge in [0.05, 0.1) is 25.9 Å². The van der Waals surface area contributed by atoms with Gasteiger partial charge in [0.25, 0.3) is 0 Å². The average molecular weight is 503 g/mol. The van der Waals surface area contributed by atoms with Crippen LogP contribution in [0, 0.1) is 0 Å². The van der Waals surface area contributed by atoms with Gasteiger partial charge in [-0.05, 0) is 0 Å². The van der Waals surface area contributed by atoms with E-state index in [0.29, 0.717) is 0 Å². The first-order valence-electron chi connectivity index (χ1n) is 10.7. The van der Waals surface area contributed by atoms with Crippen molar-refractivity contribution in [2.24, 2.45) is 5.73 Å². The largest absolute Gasteiger partial charge is 0.394 e. The minimum atomic E-state index is -1.86. The molecule has 0 amide bonds. The maximum absolute atomic E-state index is 10.8. The van der Waals surface area contributed by atoms with Crippen molar-refractivity contribution in [3.63, 3.8) is 0 Å². The van der Waals surface area contributed by atoms with Crippen LogP contribution in [-0.4, -0.2) is 163 Å². The Morgan fingerprint density at radius 3 is 1.59 bits per heavy atom. The van der Waals surface area contributed by atoms with Crippen LogP contribution in [0.1, 0.15) is 0 Å². The van der Waals surface area contributed by atoms with E-state index in [1.54, 1.807) is 0 Å². The molecule has 0 unspecified atom stereocenters. The molecule has 3 aliphatic heterocycles. The maximum atomic E-state index is 10.8. The summed E-state index contributed by atoms with van der Waals surface area (Å²) in [5, 5.41) is 99.9. The number of hydrogen-bond donors (Lipinski definition) is 11. The Morgan fingerprint density at radius 1 is 0.529 bits per heavy atom. The van der Waals surface area contributed by atoms with Gasteiger partial charge >= 0.3 is 0 Å². The molecule has 0 aliphatic carbocycles. The number of hydrogen-bond acceptors (Lipinski definition) is 16. The van der Waals surface area contributed by atoms with E-state index in [1.807, 2.05) is 0 Å². The summed E-state index contributed by atoms with van der Waals surface area (Å²) in [6, 6.07) is -1.34. The fourth-order valence-electron chi connectivity index (χ4n) is 4.09. The third kappa shape index (κ3) is 5.37. The van der Waals surface area contributed by atoms with Crippen molar-refractivity contribution in [3.8, 4) is 0 Å². The Bertz CT molecular complexity index is 642. The van der Waals surface area contributed by atoms with Crippen LogP contribution in [0.3, 0.4) is 0 Å². The monoisotopic (exact) mass is 503 g/mol. The number of ether oxygens (including phenoxy) is 5. The zero-order valence-corrected chi connectivity index (χ0v) is 17.9. The van der Waals surface area contributed by atoms with Crippen molar-refractivity contribution in [2.45, 2.75) is 92.1 Å². The summed E-state index contributed by atoms with van der Waals surface area (Å²) in [5.74, 6) is 0. The molecule has 16 nitrogen and oxygen atoms in total. The van der Waals surface area contributed by atoms with Crippen molar-refractivity contribution in [1.29, 1.82) is 0 Å². The zero-order chi connectivity index (χ0) is 25.3. The molecule has 3 fully saturated rings. The van der Waals surface area contributed by atoms with Crippen molar-refractivity contribution < 1.29 is 74.7 Å². The lowest BCUT2D eigenvalue weighted by Gasteiger charge is -2.48. The van der Waals surface area contributed by atoms with E-state index in [-0.39, 0.29) is 0 Å². The molecular weight excluding hydrogens is 470 g/mol. The lowest BCUT2D eigenvalue weighted by Crippen LogP contribution is -2.67.